The number of fused-ring (bicyclic) bond motifs is 1. The summed E-state index contributed by atoms with van der Waals surface area (Å²) in [5.74, 6) is 0.763. The standard InChI is InChI=1S/C23H26N4O/c1-3-4-10-22(28)26-20(18-8-6-5-7-9-18)15-21(27-23(26)24-16-25-27)19-13-11-17(2)12-14-19/h5-9,11-14,16,20-21H,3-4,10,15H2,1-2H3/t20-,21+/m0/s1. The first-order chi connectivity index (χ1) is 13.7. The average molecular weight is 374 g/mol. The number of amides is 1. The Labute approximate surface area is 166 Å². The van der Waals surface area contributed by atoms with E-state index in [4.69, 9.17) is 0 Å². The van der Waals surface area contributed by atoms with Crippen LogP contribution in [0.3, 0.4) is 0 Å². The Hall–Kier alpha value is -2.95. The normalized spacial score (nSPS) is 18.7. The van der Waals surface area contributed by atoms with Crippen molar-refractivity contribution in [3.05, 3.63) is 77.6 Å². The molecule has 2 aromatic carbocycles. The number of nitrogens with zero attached hydrogens (tertiary/aromatic N) is 4. The lowest BCUT2D eigenvalue weighted by Gasteiger charge is -2.39. The van der Waals surface area contributed by atoms with Crippen LogP contribution >= 0.6 is 0 Å². The Morgan fingerprint density at radius 3 is 2.46 bits per heavy atom. The van der Waals surface area contributed by atoms with Gasteiger partial charge in [0.15, 0.2) is 0 Å². The van der Waals surface area contributed by atoms with Crippen LogP contribution in [0.1, 0.15) is 61.4 Å². The van der Waals surface area contributed by atoms with Crippen LogP contribution in [0.25, 0.3) is 0 Å². The Balaban J connectivity index is 1.78. The van der Waals surface area contributed by atoms with Crippen molar-refractivity contribution in [2.75, 3.05) is 4.90 Å². The molecule has 144 valence electrons. The molecule has 1 aromatic heterocycles. The van der Waals surface area contributed by atoms with Crippen molar-refractivity contribution in [2.45, 2.75) is 51.6 Å². The molecule has 2 heterocycles. The van der Waals surface area contributed by atoms with Crippen LogP contribution in [0.5, 0.6) is 0 Å². The Morgan fingerprint density at radius 1 is 1.04 bits per heavy atom. The molecule has 2 atom stereocenters. The zero-order valence-corrected chi connectivity index (χ0v) is 16.5. The smallest absolute Gasteiger partial charge is 0.231 e. The third-order valence-electron chi connectivity index (χ3n) is 5.48. The number of aryl methyl sites for hydroxylation is 1. The summed E-state index contributed by atoms with van der Waals surface area (Å²) in [6, 6.07) is 18.8. The Kier molecular flexibility index (Phi) is 5.24. The van der Waals surface area contributed by atoms with Gasteiger partial charge in [0.2, 0.25) is 11.9 Å². The molecule has 0 radical (unpaired) electrons. The van der Waals surface area contributed by atoms with Gasteiger partial charge in [-0.15, -0.1) is 0 Å². The summed E-state index contributed by atoms with van der Waals surface area (Å²) in [4.78, 5) is 19.5. The summed E-state index contributed by atoms with van der Waals surface area (Å²) < 4.78 is 1.91. The second kappa shape index (κ2) is 7.97. The van der Waals surface area contributed by atoms with Gasteiger partial charge < -0.3 is 0 Å². The van der Waals surface area contributed by atoms with Gasteiger partial charge in [-0.1, -0.05) is 73.5 Å². The maximum absolute atomic E-state index is 13.1. The van der Waals surface area contributed by atoms with Crippen molar-refractivity contribution < 1.29 is 4.79 Å². The molecule has 0 unspecified atom stereocenters. The van der Waals surface area contributed by atoms with E-state index in [0.717, 1.165) is 24.8 Å². The lowest BCUT2D eigenvalue weighted by Crippen LogP contribution is -2.42. The van der Waals surface area contributed by atoms with E-state index in [9.17, 15) is 4.79 Å². The SMILES string of the molecule is CCCCC(=O)N1c2ncnn2[C@@H](c2ccc(C)cc2)C[C@H]1c1ccccc1. The van der Waals surface area contributed by atoms with E-state index in [1.807, 2.05) is 27.8 Å². The number of carbonyl (C=O) groups excluding carboxylic acids is 1. The van der Waals surface area contributed by atoms with Crippen LogP contribution in [-0.2, 0) is 4.79 Å². The monoisotopic (exact) mass is 374 g/mol. The predicted octanol–water partition coefficient (Wildman–Crippen LogP) is 4.84. The van der Waals surface area contributed by atoms with E-state index in [0.29, 0.717) is 12.4 Å². The fraction of sp³-hybridized carbons (Fsp3) is 0.348. The molecule has 1 aliphatic heterocycles. The van der Waals surface area contributed by atoms with Crippen molar-refractivity contribution in [3.63, 3.8) is 0 Å². The number of hydrogen-bond donors (Lipinski definition) is 0. The third kappa shape index (κ3) is 3.44. The third-order valence-corrected chi connectivity index (χ3v) is 5.48. The topological polar surface area (TPSA) is 51.0 Å². The number of anilines is 1. The molecule has 0 bridgehead atoms. The highest BCUT2D eigenvalue weighted by atomic mass is 16.2. The lowest BCUT2D eigenvalue weighted by molar-refractivity contribution is -0.119. The van der Waals surface area contributed by atoms with Gasteiger partial charge in [-0.3, -0.25) is 9.69 Å². The number of unbranched alkanes of at least 4 members (excludes halogenated alkanes) is 1. The summed E-state index contributed by atoms with van der Waals surface area (Å²) in [5.41, 5.74) is 3.56. The minimum absolute atomic E-state index is 0.0476. The van der Waals surface area contributed by atoms with Crippen LogP contribution in [-0.4, -0.2) is 20.7 Å². The van der Waals surface area contributed by atoms with Gasteiger partial charge >= 0.3 is 0 Å². The molecule has 0 fully saturated rings. The highest BCUT2D eigenvalue weighted by molar-refractivity contribution is 5.92. The summed E-state index contributed by atoms with van der Waals surface area (Å²) in [5, 5.41) is 4.49. The van der Waals surface area contributed by atoms with Crippen molar-refractivity contribution in [3.8, 4) is 0 Å². The van der Waals surface area contributed by atoms with E-state index < -0.39 is 0 Å². The van der Waals surface area contributed by atoms with Crippen molar-refractivity contribution in [1.82, 2.24) is 14.8 Å². The van der Waals surface area contributed by atoms with Gasteiger partial charge in [-0.2, -0.15) is 10.1 Å². The number of rotatable bonds is 5. The zero-order chi connectivity index (χ0) is 19.5. The average Bonchev–Trinajstić information content (AvgIpc) is 3.22. The molecular weight excluding hydrogens is 348 g/mol. The summed E-state index contributed by atoms with van der Waals surface area (Å²) in [6.45, 7) is 4.19. The Bertz CT molecular complexity index is 933. The van der Waals surface area contributed by atoms with E-state index >= 15 is 0 Å². The van der Waals surface area contributed by atoms with E-state index in [1.165, 1.54) is 11.1 Å². The van der Waals surface area contributed by atoms with Crippen LogP contribution in [0, 0.1) is 6.92 Å². The van der Waals surface area contributed by atoms with Gasteiger partial charge in [0.05, 0.1) is 12.1 Å². The molecule has 0 N–H and O–H groups in total. The lowest BCUT2D eigenvalue weighted by atomic mass is 9.91. The minimum Gasteiger partial charge on any atom is -0.274 e. The molecule has 28 heavy (non-hydrogen) atoms. The van der Waals surface area contributed by atoms with Crippen LogP contribution in [0.4, 0.5) is 5.95 Å². The molecule has 0 saturated heterocycles. The van der Waals surface area contributed by atoms with Crippen molar-refractivity contribution in [2.24, 2.45) is 0 Å². The van der Waals surface area contributed by atoms with Gasteiger partial charge in [-0.25, -0.2) is 4.68 Å². The second-order valence-corrected chi connectivity index (χ2v) is 7.46. The Morgan fingerprint density at radius 2 is 1.75 bits per heavy atom. The molecule has 0 spiro atoms. The van der Waals surface area contributed by atoms with Crippen LogP contribution in [0.15, 0.2) is 60.9 Å². The first-order valence-electron chi connectivity index (χ1n) is 10.0. The summed E-state index contributed by atoms with van der Waals surface area (Å²) in [6.07, 6.45) is 4.74. The number of benzene rings is 2. The largest absolute Gasteiger partial charge is 0.274 e. The molecule has 1 aliphatic rings. The maximum Gasteiger partial charge on any atom is 0.231 e. The molecular formula is C23H26N4O. The predicted molar refractivity (Wildman–Crippen MR) is 110 cm³/mol. The zero-order valence-electron chi connectivity index (χ0n) is 16.5. The highest BCUT2D eigenvalue weighted by Crippen LogP contribution is 2.42. The quantitative estimate of drug-likeness (QED) is 0.642. The molecule has 5 heteroatoms. The number of aromatic nitrogens is 3. The summed E-state index contributed by atoms with van der Waals surface area (Å²) in [7, 11) is 0. The van der Waals surface area contributed by atoms with Gasteiger partial charge in [-0.05, 0) is 30.9 Å². The molecule has 0 saturated carbocycles. The van der Waals surface area contributed by atoms with E-state index in [2.05, 4.69) is 60.3 Å². The van der Waals surface area contributed by atoms with E-state index in [1.54, 1.807) is 6.33 Å². The molecule has 1 amide bonds. The molecule has 3 aromatic rings. The fourth-order valence-electron chi connectivity index (χ4n) is 3.95. The van der Waals surface area contributed by atoms with Gasteiger partial charge in [0.25, 0.3) is 0 Å². The second-order valence-electron chi connectivity index (χ2n) is 7.46. The molecule has 5 nitrogen and oxygen atoms in total. The van der Waals surface area contributed by atoms with E-state index in [-0.39, 0.29) is 18.0 Å². The maximum atomic E-state index is 13.1. The van der Waals surface area contributed by atoms with Gasteiger partial charge in [0, 0.05) is 6.42 Å². The number of hydrogen-bond acceptors (Lipinski definition) is 3. The first kappa shape index (κ1) is 18.4. The summed E-state index contributed by atoms with van der Waals surface area (Å²) >= 11 is 0. The molecule has 0 aliphatic carbocycles. The van der Waals surface area contributed by atoms with Crippen molar-refractivity contribution in [1.29, 1.82) is 0 Å². The van der Waals surface area contributed by atoms with Crippen LogP contribution < -0.4 is 4.90 Å². The van der Waals surface area contributed by atoms with Gasteiger partial charge in [0.1, 0.15) is 6.33 Å². The fourth-order valence-corrected chi connectivity index (χ4v) is 3.95. The number of carbonyl (C=O) groups is 1. The van der Waals surface area contributed by atoms with Crippen molar-refractivity contribution >= 4 is 11.9 Å². The highest BCUT2D eigenvalue weighted by Gasteiger charge is 2.38. The van der Waals surface area contributed by atoms with Crippen LogP contribution in [0.2, 0.25) is 0 Å². The molecule has 4 rings (SSSR count). The minimum atomic E-state index is -0.0476. The first-order valence-corrected chi connectivity index (χ1v) is 10.0.